The minimum atomic E-state index is -1.12. The first-order valence-electron chi connectivity index (χ1n) is 9.87. The molecule has 2 aliphatic heterocycles. The molecule has 1 aromatic rings. The number of hydrogen-bond donors (Lipinski definition) is 2. The van der Waals surface area contributed by atoms with Gasteiger partial charge in [-0.2, -0.15) is 0 Å². The van der Waals surface area contributed by atoms with E-state index < -0.39 is 11.6 Å². The Morgan fingerprint density at radius 1 is 1.33 bits per heavy atom. The zero-order valence-corrected chi connectivity index (χ0v) is 16.0. The Morgan fingerprint density at radius 3 is 2.93 bits per heavy atom. The van der Waals surface area contributed by atoms with E-state index in [0.29, 0.717) is 13.0 Å². The highest BCUT2D eigenvalue weighted by Crippen LogP contribution is 2.26. The lowest BCUT2D eigenvalue weighted by Gasteiger charge is -2.46. The number of β-amino-alcohol motifs (C(OH)–C–C–N with tert-alkyl or cyclic N) is 1. The van der Waals surface area contributed by atoms with Crippen molar-refractivity contribution in [2.75, 3.05) is 31.6 Å². The second-order valence-electron chi connectivity index (χ2n) is 7.50. The molecule has 0 atom stereocenters. The van der Waals surface area contributed by atoms with Gasteiger partial charge in [0.05, 0.1) is 26.1 Å². The number of rotatable bonds is 8. The van der Waals surface area contributed by atoms with E-state index in [4.69, 9.17) is 4.74 Å². The van der Waals surface area contributed by atoms with Crippen LogP contribution >= 0.6 is 0 Å². The van der Waals surface area contributed by atoms with Crippen molar-refractivity contribution in [1.29, 1.82) is 0 Å². The number of aryl methyl sites for hydroxylation is 2. The predicted molar refractivity (Wildman–Crippen MR) is 101 cm³/mol. The van der Waals surface area contributed by atoms with Crippen molar-refractivity contribution in [3.05, 3.63) is 23.4 Å². The first kappa shape index (κ1) is 19.6. The molecule has 1 aromatic heterocycles. The van der Waals surface area contributed by atoms with E-state index >= 15 is 0 Å². The first-order chi connectivity index (χ1) is 13.0. The third-order valence-corrected chi connectivity index (χ3v) is 5.13. The van der Waals surface area contributed by atoms with Crippen LogP contribution in [0.25, 0.3) is 0 Å². The second kappa shape index (κ2) is 8.69. The van der Waals surface area contributed by atoms with Crippen molar-refractivity contribution in [3.63, 3.8) is 0 Å². The number of unbranched alkanes of at least 4 members (excludes halogenated alkanes) is 1. The van der Waals surface area contributed by atoms with Gasteiger partial charge in [-0.15, -0.1) is 0 Å². The second-order valence-corrected chi connectivity index (χ2v) is 7.50. The van der Waals surface area contributed by atoms with Gasteiger partial charge in [0.15, 0.2) is 0 Å². The number of nitrogens with one attached hydrogen (secondary N) is 1. The molecule has 0 aromatic carbocycles. The average Bonchev–Trinajstić information content (AvgIpc) is 2.63. The summed E-state index contributed by atoms with van der Waals surface area (Å²) in [5.74, 6) is 0.624. The van der Waals surface area contributed by atoms with Gasteiger partial charge in [-0.3, -0.25) is 9.59 Å². The van der Waals surface area contributed by atoms with Gasteiger partial charge in [-0.25, -0.2) is 4.98 Å². The van der Waals surface area contributed by atoms with Gasteiger partial charge < -0.3 is 20.1 Å². The minimum Gasteiger partial charge on any atom is -0.466 e. The van der Waals surface area contributed by atoms with Crippen molar-refractivity contribution in [3.8, 4) is 0 Å². The number of carbonyl (C=O) groups excluding carboxylic acids is 2. The van der Waals surface area contributed by atoms with Gasteiger partial charge in [-0.1, -0.05) is 6.07 Å². The van der Waals surface area contributed by atoms with Crippen LogP contribution < -0.4 is 5.32 Å². The highest BCUT2D eigenvalue weighted by molar-refractivity contribution is 5.78. The van der Waals surface area contributed by atoms with Crippen molar-refractivity contribution < 1.29 is 19.4 Å². The maximum absolute atomic E-state index is 12.2. The van der Waals surface area contributed by atoms with Crippen LogP contribution in [0.3, 0.4) is 0 Å². The van der Waals surface area contributed by atoms with Gasteiger partial charge in [0.1, 0.15) is 11.4 Å². The number of pyridine rings is 1. The van der Waals surface area contributed by atoms with Crippen molar-refractivity contribution in [2.24, 2.45) is 0 Å². The summed E-state index contributed by atoms with van der Waals surface area (Å²) in [6, 6.07) is 4.23. The molecular formula is C20H29N3O4. The van der Waals surface area contributed by atoms with Crippen molar-refractivity contribution in [1.82, 2.24) is 9.88 Å². The third kappa shape index (κ3) is 5.19. The summed E-state index contributed by atoms with van der Waals surface area (Å²) in [6.07, 6.45) is 5.19. The van der Waals surface area contributed by atoms with E-state index in [-0.39, 0.29) is 25.4 Å². The Kier molecular flexibility index (Phi) is 6.31. The maximum Gasteiger partial charge on any atom is 0.308 e. The predicted octanol–water partition coefficient (Wildman–Crippen LogP) is 1.68. The molecule has 27 heavy (non-hydrogen) atoms. The molecule has 7 nitrogen and oxygen atoms in total. The number of likely N-dealkylation sites (tertiary alicyclic amines) is 1. The molecule has 0 radical (unpaired) electrons. The lowest BCUT2D eigenvalue weighted by atomic mass is 9.90. The number of anilines is 1. The van der Waals surface area contributed by atoms with Crippen LogP contribution in [0.2, 0.25) is 0 Å². The van der Waals surface area contributed by atoms with E-state index in [9.17, 15) is 14.7 Å². The Morgan fingerprint density at radius 2 is 2.15 bits per heavy atom. The highest BCUT2D eigenvalue weighted by atomic mass is 16.5. The summed E-state index contributed by atoms with van der Waals surface area (Å²) < 4.78 is 4.85. The lowest BCUT2D eigenvalue weighted by molar-refractivity contribution is -0.168. The van der Waals surface area contributed by atoms with Crippen LogP contribution in [0.1, 0.15) is 50.3 Å². The largest absolute Gasteiger partial charge is 0.466 e. The molecule has 7 heteroatoms. The van der Waals surface area contributed by atoms with Crippen LogP contribution in [0.4, 0.5) is 5.82 Å². The molecule has 3 rings (SSSR count). The highest BCUT2D eigenvalue weighted by Gasteiger charge is 2.45. The van der Waals surface area contributed by atoms with Crippen LogP contribution in [0.15, 0.2) is 12.1 Å². The number of aromatic nitrogens is 1. The molecule has 1 amide bonds. The number of hydrogen-bond acceptors (Lipinski definition) is 6. The standard InChI is InChI=1S/C20H29N3O4/c1-2-27-18(25)12-20(26)13-23(14-20)17(24)8-4-3-7-16-10-9-15-6-5-11-21-19(15)22-16/h9-10,26H,2-8,11-14H2,1H3,(H,21,22). The lowest BCUT2D eigenvalue weighted by Crippen LogP contribution is -2.64. The molecule has 0 saturated carbocycles. The van der Waals surface area contributed by atoms with E-state index in [0.717, 1.165) is 50.2 Å². The summed E-state index contributed by atoms with van der Waals surface area (Å²) in [6.45, 7) is 3.43. The smallest absolute Gasteiger partial charge is 0.308 e. The number of ether oxygens (including phenoxy) is 1. The summed E-state index contributed by atoms with van der Waals surface area (Å²) in [5.41, 5.74) is 1.22. The maximum atomic E-state index is 12.2. The van der Waals surface area contributed by atoms with E-state index in [2.05, 4.69) is 22.4 Å². The number of aliphatic hydroxyl groups is 1. The SMILES string of the molecule is CCOC(=O)CC1(O)CN(C(=O)CCCCc2ccc3c(n2)NCCC3)C1. The molecular weight excluding hydrogens is 346 g/mol. The van der Waals surface area contributed by atoms with E-state index in [1.54, 1.807) is 11.8 Å². The third-order valence-electron chi connectivity index (χ3n) is 5.13. The molecule has 3 heterocycles. The topological polar surface area (TPSA) is 91.8 Å². The molecule has 2 N–H and O–H groups in total. The first-order valence-corrected chi connectivity index (χ1v) is 9.87. The summed E-state index contributed by atoms with van der Waals surface area (Å²) in [7, 11) is 0. The van der Waals surface area contributed by atoms with Crippen LogP contribution in [-0.2, 0) is 27.2 Å². The zero-order valence-electron chi connectivity index (χ0n) is 16.0. The fourth-order valence-electron chi connectivity index (χ4n) is 3.68. The van der Waals surface area contributed by atoms with Crippen molar-refractivity contribution in [2.45, 2.75) is 57.5 Å². The van der Waals surface area contributed by atoms with E-state index in [1.165, 1.54) is 5.56 Å². The van der Waals surface area contributed by atoms with E-state index in [1.807, 2.05) is 0 Å². The summed E-state index contributed by atoms with van der Waals surface area (Å²) >= 11 is 0. The molecule has 2 aliphatic rings. The van der Waals surface area contributed by atoms with Gasteiger partial charge in [0, 0.05) is 18.7 Å². The Balaban J connectivity index is 1.34. The van der Waals surface area contributed by atoms with Crippen LogP contribution in [0, 0.1) is 0 Å². The number of fused-ring (bicyclic) bond motifs is 1. The fraction of sp³-hybridized carbons (Fsp3) is 0.650. The molecule has 0 aliphatic carbocycles. The number of esters is 1. The average molecular weight is 375 g/mol. The molecule has 1 fully saturated rings. The molecule has 1 saturated heterocycles. The van der Waals surface area contributed by atoms with Gasteiger partial charge >= 0.3 is 5.97 Å². The minimum absolute atomic E-state index is 0.0311. The molecule has 0 unspecified atom stereocenters. The van der Waals surface area contributed by atoms with Crippen LogP contribution in [0.5, 0.6) is 0 Å². The normalized spacial score (nSPS) is 17.5. The fourth-order valence-corrected chi connectivity index (χ4v) is 3.68. The monoisotopic (exact) mass is 375 g/mol. The molecule has 148 valence electrons. The molecule has 0 bridgehead atoms. The number of amides is 1. The van der Waals surface area contributed by atoms with Crippen LogP contribution in [-0.4, -0.2) is 58.7 Å². The van der Waals surface area contributed by atoms with Gasteiger partial charge in [0.25, 0.3) is 0 Å². The Hall–Kier alpha value is -2.15. The van der Waals surface area contributed by atoms with Crippen molar-refractivity contribution >= 4 is 17.7 Å². The number of carbonyl (C=O) groups is 2. The van der Waals surface area contributed by atoms with Gasteiger partial charge in [0.2, 0.25) is 5.91 Å². The summed E-state index contributed by atoms with van der Waals surface area (Å²) in [5, 5.41) is 13.6. The Bertz CT molecular complexity index is 686. The zero-order chi connectivity index (χ0) is 19.3. The van der Waals surface area contributed by atoms with Gasteiger partial charge in [-0.05, 0) is 50.7 Å². The quantitative estimate of drug-likeness (QED) is 0.531. The summed E-state index contributed by atoms with van der Waals surface area (Å²) in [4.78, 5) is 29.9. The molecule has 0 spiro atoms. The number of nitrogens with zero attached hydrogens (tertiary/aromatic N) is 2. The Labute approximate surface area is 160 Å².